The second kappa shape index (κ2) is 7.67. The van der Waals surface area contributed by atoms with E-state index in [4.69, 9.17) is 9.84 Å². The minimum atomic E-state index is -1.04. The zero-order valence-corrected chi connectivity index (χ0v) is 10.5. The number of carboxylic acid groups (broad SMARTS) is 1. The molecule has 6 heteroatoms. The summed E-state index contributed by atoms with van der Waals surface area (Å²) in [6.07, 6.45) is 0. The van der Waals surface area contributed by atoms with Gasteiger partial charge in [0.1, 0.15) is 6.04 Å². The van der Waals surface area contributed by atoms with Crippen LogP contribution in [0.1, 0.15) is 13.8 Å². The second-order valence-corrected chi connectivity index (χ2v) is 3.87. The Hall–Kier alpha value is -1.56. The summed E-state index contributed by atoms with van der Waals surface area (Å²) in [4.78, 5) is 23.2. The number of amides is 2. The van der Waals surface area contributed by atoms with E-state index in [9.17, 15) is 9.59 Å². The molecule has 0 aliphatic heterocycles. The number of hydrogen-bond donors (Lipinski definition) is 2. The maximum absolute atomic E-state index is 11.5. The fourth-order valence-electron chi connectivity index (χ4n) is 0.943. The van der Waals surface area contributed by atoms with Crippen LogP contribution in [0.25, 0.3) is 0 Å². The first-order chi connectivity index (χ1) is 7.86. The van der Waals surface area contributed by atoms with Crippen molar-refractivity contribution in [3.05, 3.63) is 12.2 Å². The van der Waals surface area contributed by atoms with E-state index in [0.29, 0.717) is 19.8 Å². The molecule has 2 N–H and O–H groups in total. The van der Waals surface area contributed by atoms with Crippen LogP contribution in [0.3, 0.4) is 0 Å². The van der Waals surface area contributed by atoms with E-state index >= 15 is 0 Å². The number of carbonyl (C=O) groups is 2. The number of hydrogen-bond acceptors (Lipinski definition) is 3. The molecular formula is C11H20N2O4. The number of nitrogens with one attached hydrogen (secondary N) is 1. The van der Waals surface area contributed by atoms with Crippen molar-refractivity contribution in [2.24, 2.45) is 0 Å². The number of carbonyl (C=O) groups excluding carboxylic acids is 1. The van der Waals surface area contributed by atoms with Gasteiger partial charge in [0.2, 0.25) is 0 Å². The van der Waals surface area contributed by atoms with Crippen LogP contribution in [-0.4, -0.2) is 54.9 Å². The Morgan fingerprint density at radius 1 is 1.53 bits per heavy atom. The van der Waals surface area contributed by atoms with Gasteiger partial charge in [0.15, 0.2) is 0 Å². The number of ether oxygens (including phenoxy) is 1. The third kappa shape index (κ3) is 6.57. The first-order valence-electron chi connectivity index (χ1n) is 5.31. The van der Waals surface area contributed by atoms with Gasteiger partial charge in [-0.05, 0) is 13.8 Å². The maximum Gasteiger partial charge on any atom is 0.326 e. The number of aliphatic carboxylic acids is 1. The summed E-state index contributed by atoms with van der Waals surface area (Å²) in [5, 5.41) is 11.3. The molecule has 0 heterocycles. The molecule has 6 nitrogen and oxygen atoms in total. The van der Waals surface area contributed by atoms with E-state index in [1.807, 2.05) is 6.92 Å². The average Bonchev–Trinajstić information content (AvgIpc) is 2.25. The highest BCUT2D eigenvalue weighted by Crippen LogP contribution is 1.95. The second-order valence-electron chi connectivity index (χ2n) is 3.87. The molecule has 0 spiro atoms. The van der Waals surface area contributed by atoms with Crippen LogP contribution < -0.4 is 5.32 Å². The molecule has 2 amide bonds. The zero-order valence-electron chi connectivity index (χ0n) is 10.5. The normalized spacial score (nSPS) is 11.7. The highest BCUT2D eigenvalue weighted by Gasteiger charge is 2.20. The fourth-order valence-corrected chi connectivity index (χ4v) is 0.943. The number of carboxylic acids is 1. The van der Waals surface area contributed by atoms with Gasteiger partial charge in [0, 0.05) is 13.6 Å². The van der Waals surface area contributed by atoms with Gasteiger partial charge in [-0.3, -0.25) is 0 Å². The molecule has 98 valence electrons. The van der Waals surface area contributed by atoms with Crippen molar-refractivity contribution in [2.75, 3.05) is 26.8 Å². The Kier molecular flexibility index (Phi) is 6.97. The molecule has 0 saturated heterocycles. The lowest BCUT2D eigenvalue weighted by molar-refractivity contribution is -0.141. The summed E-state index contributed by atoms with van der Waals surface area (Å²) in [5.41, 5.74) is 0.910. The van der Waals surface area contributed by atoms with Crippen molar-refractivity contribution in [2.45, 2.75) is 19.9 Å². The number of likely N-dealkylation sites (N-methyl/N-ethyl adjacent to an activating group) is 1. The van der Waals surface area contributed by atoms with E-state index in [1.54, 1.807) is 0 Å². The van der Waals surface area contributed by atoms with Gasteiger partial charge in [-0.1, -0.05) is 12.2 Å². The smallest absolute Gasteiger partial charge is 0.326 e. The van der Waals surface area contributed by atoms with Gasteiger partial charge in [-0.2, -0.15) is 0 Å². The SMILES string of the molecule is C=C(C)COCCNC(=O)N(C)C(C)C(=O)O. The van der Waals surface area contributed by atoms with E-state index in [-0.39, 0.29) is 0 Å². The summed E-state index contributed by atoms with van der Waals surface area (Å²) < 4.78 is 5.18. The molecule has 0 fully saturated rings. The molecule has 17 heavy (non-hydrogen) atoms. The Morgan fingerprint density at radius 2 is 2.12 bits per heavy atom. The lowest BCUT2D eigenvalue weighted by atomic mass is 10.3. The minimum Gasteiger partial charge on any atom is -0.480 e. The standard InChI is InChI=1S/C11H20N2O4/c1-8(2)7-17-6-5-12-11(16)13(4)9(3)10(14)15/h9H,1,5-7H2,2-4H3,(H,12,16)(H,14,15). The average molecular weight is 244 g/mol. The molecule has 0 aromatic carbocycles. The summed E-state index contributed by atoms with van der Waals surface area (Å²) in [5.74, 6) is -1.04. The van der Waals surface area contributed by atoms with Crippen LogP contribution in [0.4, 0.5) is 4.79 Å². The van der Waals surface area contributed by atoms with E-state index in [1.165, 1.54) is 14.0 Å². The van der Waals surface area contributed by atoms with Gasteiger partial charge in [-0.25, -0.2) is 9.59 Å². The molecule has 0 aromatic rings. The Morgan fingerprint density at radius 3 is 2.59 bits per heavy atom. The first-order valence-corrected chi connectivity index (χ1v) is 5.31. The molecule has 1 unspecified atom stereocenters. The lowest BCUT2D eigenvalue weighted by Crippen LogP contribution is -2.46. The fraction of sp³-hybridized carbons (Fsp3) is 0.636. The summed E-state index contributed by atoms with van der Waals surface area (Å²) >= 11 is 0. The van der Waals surface area contributed by atoms with Crippen LogP contribution in [-0.2, 0) is 9.53 Å². The summed E-state index contributed by atoms with van der Waals surface area (Å²) in [7, 11) is 1.43. The largest absolute Gasteiger partial charge is 0.480 e. The maximum atomic E-state index is 11.5. The van der Waals surface area contributed by atoms with Gasteiger partial charge in [0.25, 0.3) is 0 Å². The molecule has 0 rings (SSSR count). The minimum absolute atomic E-state index is 0.336. The van der Waals surface area contributed by atoms with E-state index < -0.39 is 18.0 Å². The quantitative estimate of drug-likeness (QED) is 0.510. The number of urea groups is 1. The van der Waals surface area contributed by atoms with Crippen LogP contribution in [0.5, 0.6) is 0 Å². The number of rotatable bonds is 7. The van der Waals surface area contributed by atoms with Gasteiger partial charge >= 0.3 is 12.0 Å². The Balaban J connectivity index is 3.79. The third-order valence-corrected chi connectivity index (χ3v) is 2.13. The predicted molar refractivity (Wildman–Crippen MR) is 63.9 cm³/mol. The molecule has 0 aliphatic rings. The van der Waals surface area contributed by atoms with Crippen LogP contribution in [0.15, 0.2) is 12.2 Å². The third-order valence-electron chi connectivity index (χ3n) is 2.13. The van der Waals surface area contributed by atoms with Crippen molar-refractivity contribution >= 4 is 12.0 Å². The summed E-state index contributed by atoms with van der Waals surface area (Å²) in [6, 6.07) is -1.29. The van der Waals surface area contributed by atoms with E-state index in [0.717, 1.165) is 10.5 Å². The molecule has 1 atom stereocenters. The number of nitrogens with zero attached hydrogens (tertiary/aromatic N) is 1. The Labute approximate surface area is 101 Å². The van der Waals surface area contributed by atoms with Gasteiger partial charge < -0.3 is 20.1 Å². The Bertz CT molecular complexity index is 291. The van der Waals surface area contributed by atoms with Gasteiger partial charge in [-0.15, -0.1) is 0 Å². The van der Waals surface area contributed by atoms with Gasteiger partial charge in [0.05, 0.1) is 13.2 Å². The topological polar surface area (TPSA) is 78.9 Å². The van der Waals surface area contributed by atoms with E-state index in [2.05, 4.69) is 11.9 Å². The van der Waals surface area contributed by atoms with Crippen molar-refractivity contribution in [1.82, 2.24) is 10.2 Å². The summed E-state index contributed by atoms with van der Waals surface area (Å²) in [6.45, 7) is 8.13. The predicted octanol–water partition coefficient (Wildman–Crippen LogP) is 0.694. The van der Waals surface area contributed by atoms with Crippen molar-refractivity contribution in [3.8, 4) is 0 Å². The van der Waals surface area contributed by atoms with Crippen molar-refractivity contribution in [1.29, 1.82) is 0 Å². The van der Waals surface area contributed by atoms with Crippen LogP contribution in [0, 0.1) is 0 Å². The molecular weight excluding hydrogens is 224 g/mol. The van der Waals surface area contributed by atoms with Crippen molar-refractivity contribution < 1.29 is 19.4 Å². The molecule has 0 bridgehead atoms. The molecule has 0 radical (unpaired) electrons. The van der Waals surface area contributed by atoms with Crippen LogP contribution in [0.2, 0.25) is 0 Å². The van der Waals surface area contributed by atoms with Crippen molar-refractivity contribution in [3.63, 3.8) is 0 Å². The monoisotopic (exact) mass is 244 g/mol. The molecule has 0 saturated carbocycles. The lowest BCUT2D eigenvalue weighted by Gasteiger charge is -2.21. The van der Waals surface area contributed by atoms with Crippen LogP contribution >= 0.6 is 0 Å². The molecule has 0 aliphatic carbocycles. The molecule has 0 aromatic heterocycles. The highest BCUT2D eigenvalue weighted by molar-refractivity contribution is 5.82. The zero-order chi connectivity index (χ0) is 13.4. The highest BCUT2D eigenvalue weighted by atomic mass is 16.5. The first kappa shape index (κ1) is 15.4.